The molecule has 3 rings (SSSR count). The molecule has 0 saturated carbocycles. The van der Waals surface area contributed by atoms with E-state index in [1.54, 1.807) is 17.0 Å². The first kappa shape index (κ1) is 20.9. The van der Waals surface area contributed by atoms with Crippen molar-refractivity contribution in [3.05, 3.63) is 62.7 Å². The number of ketones is 1. The van der Waals surface area contributed by atoms with E-state index in [4.69, 9.17) is 11.6 Å². The van der Waals surface area contributed by atoms with Gasteiger partial charge >= 0.3 is 6.18 Å². The van der Waals surface area contributed by atoms with Gasteiger partial charge in [0.2, 0.25) is 0 Å². The second-order valence-electron chi connectivity index (χ2n) is 6.65. The molecule has 2 aromatic rings. The predicted molar refractivity (Wildman–Crippen MR) is 104 cm³/mol. The number of nitro groups is 1. The largest absolute Gasteiger partial charge is 0.418 e. The van der Waals surface area contributed by atoms with Crippen LogP contribution in [0.2, 0.25) is 5.02 Å². The fourth-order valence-electron chi connectivity index (χ4n) is 3.28. The molecular weight excluding hydrogens is 411 g/mol. The van der Waals surface area contributed by atoms with E-state index in [0.717, 1.165) is 11.8 Å². The Morgan fingerprint density at radius 3 is 2.10 bits per heavy atom. The minimum atomic E-state index is -4.77. The van der Waals surface area contributed by atoms with Gasteiger partial charge in [0.25, 0.3) is 5.69 Å². The first-order valence-electron chi connectivity index (χ1n) is 8.74. The molecular formula is C19H17ClF3N3O3. The summed E-state index contributed by atoms with van der Waals surface area (Å²) in [5.74, 6) is -0.0344. The van der Waals surface area contributed by atoms with Gasteiger partial charge in [-0.3, -0.25) is 14.9 Å². The molecule has 0 atom stereocenters. The maximum atomic E-state index is 13.0. The van der Waals surface area contributed by atoms with E-state index >= 15 is 0 Å². The minimum Gasteiger partial charge on any atom is -0.368 e. The average molecular weight is 428 g/mol. The van der Waals surface area contributed by atoms with E-state index in [1.807, 2.05) is 17.0 Å². The molecule has 1 aliphatic heterocycles. The highest BCUT2D eigenvalue weighted by Crippen LogP contribution is 2.41. The zero-order valence-electron chi connectivity index (χ0n) is 15.4. The number of hydrogen-bond acceptors (Lipinski definition) is 5. The molecule has 0 radical (unpaired) electrons. The standard InChI is InChI=1S/C19H17ClF3N3O3/c1-12(27)13-2-4-14(5-3-13)24-6-8-25(9-7-24)17-11-16(20)15(19(21,22)23)10-18(17)26(28)29/h2-5,10-11H,6-9H2,1H3. The van der Waals surface area contributed by atoms with E-state index in [-0.39, 0.29) is 11.5 Å². The van der Waals surface area contributed by atoms with Crippen LogP contribution in [0.4, 0.5) is 30.2 Å². The Hall–Kier alpha value is -2.81. The third kappa shape index (κ3) is 4.45. The average Bonchev–Trinajstić information content (AvgIpc) is 2.66. The number of rotatable bonds is 4. The van der Waals surface area contributed by atoms with Gasteiger partial charge in [0.1, 0.15) is 5.69 Å². The van der Waals surface area contributed by atoms with E-state index < -0.39 is 27.4 Å². The number of hydrogen-bond donors (Lipinski definition) is 0. The summed E-state index contributed by atoms with van der Waals surface area (Å²) in [6, 6.07) is 8.60. The van der Waals surface area contributed by atoms with Crippen LogP contribution >= 0.6 is 11.6 Å². The van der Waals surface area contributed by atoms with Gasteiger partial charge in [-0.25, -0.2) is 0 Å². The third-order valence-corrected chi connectivity index (χ3v) is 5.14. The number of carbonyl (C=O) groups excluding carboxylic acids is 1. The Bertz CT molecular complexity index is 940. The van der Waals surface area contributed by atoms with Gasteiger partial charge in [-0.1, -0.05) is 11.6 Å². The van der Waals surface area contributed by atoms with Crippen molar-refractivity contribution in [1.29, 1.82) is 0 Å². The van der Waals surface area contributed by atoms with Crippen molar-refractivity contribution >= 4 is 34.4 Å². The van der Waals surface area contributed by atoms with Crippen LogP contribution in [-0.2, 0) is 6.18 Å². The Kier molecular flexibility index (Phi) is 5.70. The van der Waals surface area contributed by atoms with Gasteiger partial charge < -0.3 is 9.80 Å². The van der Waals surface area contributed by atoms with Crippen LogP contribution in [0.3, 0.4) is 0 Å². The molecule has 0 aliphatic carbocycles. The van der Waals surface area contributed by atoms with Crippen molar-refractivity contribution in [3.63, 3.8) is 0 Å². The molecule has 0 unspecified atom stereocenters. The Labute approximate surface area is 169 Å². The lowest BCUT2D eigenvalue weighted by molar-refractivity contribution is -0.384. The van der Waals surface area contributed by atoms with Crippen molar-refractivity contribution in [1.82, 2.24) is 0 Å². The summed E-state index contributed by atoms with van der Waals surface area (Å²) >= 11 is 5.77. The zero-order chi connectivity index (χ0) is 21.3. The summed E-state index contributed by atoms with van der Waals surface area (Å²) < 4.78 is 39.1. The van der Waals surface area contributed by atoms with Gasteiger partial charge in [0.05, 0.1) is 15.5 Å². The van der Waals surface area contributed by atoms with Crippen LogP contribution < -0.4 is 9.80 Å². The maximum Gasteiger partial charge on any atom is 0.418 e. The molecule has 6 nitrogen and oxygen atoms in total. The Morgan fingerprint density at radius 1 is 1.07 bits per heavy atom. The van der Waals surface area contributed by atoms with Crippen LogP contribution in [0.1, 0.15) is 22.8 Å². The van der Waals surface area contributed by atoms with E-state index in [0.29, 0.717) is 37.8 Å². The number of carbonyl (C=O) groups is 1. The monoisotopic (exact) mass is 427 g/mol. The van der Waals surface area contributed by atoms with Crippen LogP contribution in [0.5, 0.6) is 0 Å². The topological polar surface area (TPSA) is 66.7 Å². The van der Waals surface area contributed by atoms with Crippen molar-refractivity contribution < 1.29 is 22.9 Å². The molecule has 10 heteroatoms. The fraction of sp³-hybridized carbons (Fsp3) is 0.316. The lowest BCUT2D eigenvalue weighted by Gasteiger charge is -2.37. The highest BCUT2D eigenvalue weighted by molar-refractivity contribution is 6.31. The molecule has 1 fully saturated rings. The Balaban J connectivity index is 1.80. The summed E-state index contributed by atoms with van der Waals surface area (Å²) in [4.78, 5) is 25.6. The summed E-state index contributed by atoms with van der Waals surface area (Å²) in [5.41, 5.74) is -0.281. The normalized spacial score (nSPS) is 14.8. The molecule has 154 valence electrons. The molecule has 1 heterocycles. The minimum absolute atomic E-state index is 0.0344. The SMILES string of the molecule is CC(=O)c1ccc(N2CCN(c3cc(Cl)c(C(F)(F)F)cc3[N+](=O)[O-])CC2)cc1. The predicted octanol–water partition coefficient (Wildman–Crippen LogP) is 4.80. The molecule has 1 saturated heterocycles. The van der Waals surface area contributed by atoms with Crippen molar-refractivity contribution in [2.24, 2.45) is 0 Å². The van der Waals surface area contributed by atoms with Gasteiger partial charge in [-0.15, -0.1) is 0 Å². The summed E-state index contributed by atoms with van der Waals surface area (Å²) in [6.07, 6.45) is -4.77. The first-order chi connectivity index (χ1) is 13.6. The molecule has 29 heavy (non-hydrogen) atoms. The fourth-order valence-corrected chi connectivity index (χ4v) is 3.55. The first-order valence-corrected chi connectivity index (χ1v) is 9.11. The van der Waals surface area contributed by atoms with Gasteiger partial charge in [-0.2, -0.15) is 13.2 Å². The number of nitrogens with zero attached hydrogens (tertiary/aromatic N) is 3. The highest BCUT2D eigenvalue weighted by atomic mass is 35.5. The zero-order valence-corrected chi connectivity index (χ0v) is 16.1. The third-order valence-electron chi connectivity index (χ3n) is 4.83. The lowest BCUT2D eigenvalue weighted by atomic mass is 10.1. The van der Waals surface area contributed by atoms with E-state index in [1.165, 1.54) is 6.92 Å². The van der Waals surface area contributed by atoms with Gasteiger partial charge in [-0.05, 0) is 37.3 Å². The number of piperazine rings is 1. The number of anilines is 2. The maximum absolute atomic E-state index is 13.0. The second kappa shape index (κ2) is 7.90. The van der Waals surface area contributed by atoms with Gasteiger partial charge in [0, 0.05) is 43.5 Å². The van der Waals surface area contributed by atoms with Crippen molar-refractivity contribution in [2.45, 2.75) is 13.1 Å². The number of alkyl halides is 3. The van der Waals surface area contributed by atoms with Crippen LogP contribution in [0.15, 0.2) is 36.4 Å². The number of Topliss-reactive ketones (excluding diaryl/α,β-unsaturated/α-hetero) is 1. The Morgan fingerprint density at radius 2 is 1.62 bits per heavy atom. The number of nitro benzene ring substituents is 1. The van der Waals surface area contributed by atoms with Crippen LogP contribution in [0.25, 0.3) is 0 Å². The number of halogens is 4. The van der Waals surface area contributed by atoms with E-state index in [2.05, 4.69) is 0 Å². The van der Waals surface area contributed by atoms with Crippen LogP contribution in [-0.4, -0.2) is 36.9 Å². The molecule has 0 amide bonds. The summed E-state index contributed by atoms with van der Waals surface area (Å²) in [5, 5.41) is 10.8. The molecule has 0 aromatic heterocycles. The molecule has 2 aromatic carbocycles. The molecule has 0 spiro atoms. The quantitative estimate of drug-likeness (QED) is 0.398. The summed E-state index contributed by atoms with van der Waals surface area (Å²) in [7, 11) is 0. The highest BCUT2D eigenvalue weighted by Gasteiger charge is 2.37. The molecule has 0 bridgehead atoms. The molecule has 0 N–H and O–H groups in total. The van der Waals surface area contributed by atoms with Crippen molar-refractivity contribution in [3.8, 4) is 0 Å². The molecule has 1 aliphatic rings. The lowest BCUT2D eigenvalue weighted by Crippen LogP contribution is -2.46. The smallest absolute Gasteiger partial charge is 0.368 e. The van der Waals surface area contributed by atoms with E-state index in [9.17, 15) is 28.1 Å². The van der Waals surface area contributed by atoms with Crippen LogP contribution in [0, 0.1) is 10.1 Å². The van der Waals surface area contributed by atoms with Crippen molar-refractivity contribution in [2.75, 3.05) is 36.0 Å². The second-order valence-corrected chi connectivity index (χ2v) is 7.06. The number of benzene rings is 2. The summed E-state index contributed by atoms with van der Waals surface area (Å²) in [6.45, 7) is 3.24. The van der Waals surface area contributed by atoms with Gasteiger partial charge in [0.15, 0.2) is 5.78 Å².